The van der Waals surface area contributed by atoms with Gasteiger partial charge in [-0.1, -0.05) is 96.2 Å². The lowest BCUT2D eigenvalue weighted by atomic mass is 9.76. The van der Waals surface area contributed by atoms with Crippen molar-refractivity contribution in [1.82, 2.24) is 15.5 Å². The van der Waals surface area contributed by atoms with Crippen LogP contribution in [0.3, 0.4) is 0 Å². The van der Waals surface area contributed by atoms with Gasteiger partial charge in [-0.2, -0.15) is 4.98 Å². The molecule has 4 aromatic rings. The predicted molar refractivity (Wildman–Crippen MR) is 124 cm³/mol. The number of benzene rings is 3. The topological polar surface area (TPSA) is 68.0 Å². The Labute approximate surface area is 188 Å². The number of carbonyl (C=O) groups excluding carboxylic acids is 1. The van der Waals surface area contributed by atoms with E-state index in [4.69, 9.17) is 4.52 Å². The van der Waals surface area contributed by atoms with Crippen LogP contribution in [0.1, 0.15) is 41.8 Å². The van der Waals surface area contributed by atoms with Gasteiger partial charge in [-0.3, -0.25) is 4.79 Å². The van der Waals surface area contributed by atoms with Gasteiger partial charge in [0.25, 0.3) is 0 Å². The van der Waals surface area contributed by atoms with Crippen molar-refractivity contribution < 1.29 is 9.32 Å². The fraction of sp³-hybridized carbons (Fsp3) is 0.222. The monoisotopic (exact) mass is 425 g/mol. The average Bonchev–Trinajstić information content (AvgIpc) is 3.30. The maximum atomic E-state index is 12.6. The second kappa shape index (κ2) is 10.1. The van der Waals surface area contributed by atoms with Crippen LogP contribution in [0.4, 0.5) is 0 Å². The van der Waals surface area contributed by atoms with E-state index in [-0.39, 0.29) is 11.3 Å². The smallest absolute Gasteiger partial charge is 0.227 e. The summed E-state index contributed by atoms with van der Waals surface area (Å²) in [4.78, 5) is 17.0. The third-order valence-electron chi connectivity index (χ3n) is 5.74. The Morgan fingerprint density at radius 1 is 0.875 bits per heavy atom. The van der Waals surface area contributed by atoms with Crippen LogP contribution < -0.4 is 5.32 Å². The highest BCUT2D eigenvalue weighted by molar-refractivity contribution is 5.76. The van der Waals surface area contributed by atoms with Crippen molar-refractivity contribution >= 4 is 5.91 Å². The predicted octanol–water partition coefficient (Wildman–Crippen LogP) is 4.72. The maximum Gasteiger partial charge on any atom is 0.227 e. The van der Waals surface area contributed by atoms with Gasteiger partial charge < -0.3 is 9.84 Å². The summed E-state index contributed by atoms with van der Waals surface area (Å²) < 4.78 is 5.33. The molecule has 0 aliphatic rings. The third kappa shape index (κ3) is 5.30. The Kier molecular flexibility index (Phi) is 6.75. The molecule has 4 rings (SSSR count). The van der Waals surface area contributed by atoms with Crippen LogP contribution in [-0.4, -0.2) is 22.6 Å². The van der Waals surface area contributed by atoms with E-state index in [2.05, 4.69) is 46.6 Å². The minimum absolute atomic E-state index is 0.0362. The van der Waals surface area contributed by atoms with Gasteiger partial charge in [0.05, 0.1) is 0 Å². The van der Waals surface area contributed by atoms with E-state index < -0.39 is 0 Å². The molecule has 0 aliphatic carbocycles. The van der Waals surface area contributed by atoms with Crippen LogP contribution in [-0.2, 0) is 23.1 Å². The van der Waals surface area contributed by atoms with Crippen molar-refractivity contribution in [2.75, 3.05) is 6.54 Å². The molecule has 162 valence electrons. The highest BCUT2D eigenvalue weighted by atomic mass is 16.5. The van der Waals surface area contributed by atoms with Crippen molar-refractivity contribution in [2.24, 2.45) is 0 Å². The Hall–Kier alpha value is -3.73. The summed E-state index contributed by atoms with van der Waals surface area (Å²) in [6, 6.07) is 30.5. The third-order valence-corrected chi connectivity index (χ3v) is 5.74. The molecule has 0 atom stereocenters. The quantitative estimate of drug-likeness (QED) is 0.421. The number of nitrogens with zero attached hydrogens (tertiary/aromatic N) is 2. The van der Waals surface area contributed by atoms with Crippen LogP contribution >= 0.6 is 0 Å². The number of carbonyl (C=O) groups is 1. The number of amides is 1. The first-order chi connectivity index (χ1) is 15.6. The summed E-state index contributed by atoms with van der Waals surface area (Å²) in [5.41, 5.74) is 3.12. The van der Waals surface area contributed by atoms with Gasteiger partial charge in [-0.05, 0) is 23.6 Å². The summed E-state index contributed by atoms with van der Waals surface area (Å²) >= 11 is 0. The van der Waals surface area contributed by atoms with E-state index in [1.807, 2.05) is 66.7 Å². The van der Waals surface area contributed by atoms with Crippen LogP contribution in [0, 0.1) is 0 Å². The Morgan fingerprint density at radius 2 is 1.44 bits per heavy atom. The van der Waals surface area contributed by atoms with Gasteiger partial charge in [0.1, 0.15) is 0 Å². The molecular weight excluding hydrogens is 398 g/mol. The van der Waals surface area contributed by atoms with E-state index in [1.54, 1.807) is 0 Å². The SMILES string of the molecule is CC(CNC(=O)CCc1nc(Cc2ccccc2)no1)(c1ccccc1)c1ccccc1. The lowest BCUT2D eigenvalue weighted by Crippen LogP contribution is -2.39. The lowest BCUT2D eigenvalue weighted by molar-refractivity contribution is -0.121. The molecule has 3 aromatic carbocycles. The van der Waals surface area contributed by atoms with Gasteiger partial charge in [0.15, 0.2) is 5.82 Å². The standard InChI is InChI=1S/C27H27N3O2/c1-27(22-13-7-3-8-14-22,23-15-9-4-10-16-23)20-28-25(31)17-18-26-29-24(30-32-26)19-21-11-5-2-6-12-21/h2-16H,17-20H2,1H3,(H,28,31). The van der Waals surface area contributed by atoms with Crippen molar-refractivity contribution in [2.45, 2.75) is 31.6 Å². The first kappa shape index (κ1) is 21.5. The van der Waals surface area contributed by atoms with Crippen LogP contribution in [0.5, 0.6) is 0 Å². The van der Waals surface area contributed by atoms with E-state index in [0.717, 1.165) is 16.7 Å². The molecule has 1 amide bonds. The molecule has 0 fully saturated rings. The molecular formula is C27H27N3O2. The van der Waals surface area contributed by atoms with E-state index in [9.17, 15) is 4.79 Å². The number of hydrogen-bond donors (Lipinski definition) is 1. The highest BCUT2D eigenvalue weighted by Gasteiger charge is 2.29. The van der Waals surface area contributed by atoms with Crippen molar-refractivity contribution in [3.8, 4) is 0 Å². The zero-order valence-corrected chi connectivity index (χ0v) is 18.2. The Balaban J connectivity index is 1.35. The molecule has 0 spiro atoms. The van der Waals surface area contributed by atoms with Gasteiger partial charge in [-0.25, -0.2) is 0 Å². The van der Waals surface area contributed by atoms with Crippen molar-refractivity contribution in [1.29, 1.82) is 0 Å². The summed E-state index contributed by atoms with van der Waals surface area (Å²) in [5.74, 6) is 1.08. The number of rotatable bonds is 9. The molecule has 1 N–H and O–H groups in total. The lowest BCUT2D eigenvalue weighted by Gasteiger charge is -2.31. The zero-order valence-electron chi connectivity index (χ0n) is 18.2. The molecule has 5 heteroatoms. The minimum atomic E-state index is -0.328. The Bertz CT molecular complexity index is 1090. The molecule has 1 aromatic heterocycles. The molecule has 0 unspecified atom stereocenters. The average molecular weight is 426 g/mol. The molecule has 0 saturated carbocycles. The number of aromatic nitrogens is 2. The van der Waals surface area contributed by atoms with Crippen LogP contribution in [0.15, 0.2) is 95.5 Å². The normalized spacial score (nSPS) is 11.3. The molecule has 0 aliphatic heterocycles. The summed E-state index contributed by atoms with van der Waals surface area (Å²) in [5, 5.41) is 7.14. The van der Waals surface area contributed by atoms with Crippen LogP contribution in [0.25, 0.3) is 0 Å². The fourth-order valence-electron chi connectivity index (χ4n) is 3.81. The number of aryl methyl sites for hydroxylation is 1. The fourth-order valence-corrected chi connectivity index (χ4v) is 3.81. The molecule has 1 heterocycles. The second-order valence-corrected chi connectivity index (χ2v) is 8.11. The summed E-state index contributed by atoms with van der Waals surface area (Å²) in [7, 11) is 0. The molecule has 0 saturated heterocycles. The number of nitrogens with one attached hydrogen (secondary N) is 1. The molecule has 0 bridgehead atoms. The minimum Gasteiger partial charge on any atom is -0.355 e. The summed E-state index contributed by atoms with van der Waals surface area (Å²) in [6.45, 7) is 2.66. The molecule has 0 radical (unpaired) electrons. The maximum absolute atomic E-state index is 12.6. The van der Waals surface area contributed by atoms with Crippen molar-refractivity contribution in [3.05, 3.63) is 119 Å². The number of hydrogen-bond acceptors (Lipinski definition) is 4. The summed E-state index contributed by atoms with van der Waals surface area (Å²) in [6.07, 6.45) is 1.33. The Morgan fingerprint density at radius 3 is 2.03 bits per heavy atom. The first-order valence-electron chi connectivity index (χ1n) is 10.9. The molecule has 5 nitrogen and oxygen atoms in total. The van der Waals surface area contributed by atoms with Gasteiger partial charge >= 0.3 is 0 Å². The van der Waals surface area contributed by atoms with E-state index in [1.165, 1.54) is 0 Å². The molecule has 32 heavy (non-hydrogen) atoms. The zero-order chi connectivity index (χ0) is 22.2. The van der Waals surface area contributed by atoms with Crippen molar-refractivity contribution in [3.63, 3.8) is 0 Å². The van der Waals surface area contributed by atoms with Crippen LogP contribution in [0.2, 0.25) is 0 Å². The highest BCUT2D eigenvalue weighted by Crippen LogP contribution is 2.31. The largest absolute Gasteiger partial charge is 0.355 e. The van der Waals surface area contributed by atoms with Gasteiger partial charge in [0.2, 0.25) is 11.8 Å². The first-order valence-corrected chi connectivity index (χ1v) is 10.9. The second-order valence-electron chi connectivity index (χ2n) is 8.11. The van der Waals surface area contributed by atoms with Gasteiger partial charge in [0, 0.05) is 31.2 Å². The van der Waals surface area contributed by atoms with E-state index in [0.29, 0.717) is 37.5 Å². The van der Waals surface area contributed by atoms with E-state index >= 15 is 0 Å². The van der Waals surface area contributed by atoms with Gasteiger partial charge in [-0.15, -0.1) is 0 Å².